The molecular weight excluding hydrogens is 382 g/mol. The highest BCUT2D eigenvalue weighted by molar-refractivity contribution is 7.17. The number of rotatable bonds is 8. The Kier molecular flexibility index (Phi) is 8.26. The first kappa shape index (κ1) is 20.9. The largest absolute Gasteiger partial charge is 0.375 e. The Bertz CT molecular complexity index is 841. The summed E-state index contributed by atoms with van der Waals surface area (Å²) in [4.78, 5) is 17.4. The Hall–Kier alpha value is -2.41. The SMILES string of the molecule is Cc1nc(NCCOCc2ccccc2)sc1C(=O)Nc1ccccc1.Cl. The van der Waals surface area contributed by atoms with Crippen molar-refractivity contribution in [3.63, 3.8) is 0 Å². The highest BCUT2D eigenvalue weighted by atomic mass is 35.5. The topological polar surface area (TPSA) is 63.3 Å². The van der Waals surface area contributed by atoms with Gasteiger partial charge in [-0.2, -0.15) is 0 Å². The Morgan fingerprint density at radius 1 is 1.07 bits per heavy atom. The number of carbonyl (C=O) groups is 1. The summed E-state index contributed by atoms with van der Waals surface area (Å²) in [6.07, 6.45) is 0. The van der Waals surface area contributed by atoms with E-state index in [1.807, 2.05) is 67.6 Å². The molecule has 0 aliphatic carbocycles. The molecular formula is C20H22ClN3O2S. The molecule has 2 aromatic carbocycles. The first-order chi connectivity index (χ1) is 12.7. The maximum absolute atomic E-state index is 12.4. The zero-order valence-corrected chi connectivity index (χ0v) is 16.6. The fourth-order valence-electron chi connectivity index (χ4n) is 2.39. The number of para-hydroxylation sites is 1. The van der Waals surface area contributed by atoms with Gasteiger partial charge in [-0.25, -0.2) is 4.98 Å². The molecule has 0 spiro atoms. The van der Waals surface area contributed by atoms with Crippen molar-refractivity contribution in [2.24, 2.45) is 0 Å². The molecule has 0 unspecified atom stereocenters. The van der Waals surface area contributed by atoms with E-state index in [4.69, 9.17) is 4.74 Å². The first-order valence-corrected chi connectivity index (χ1v) is 9.23. The molecule has 0 saturated heterocycles. The summed E-state index contributed by atoms with van der Waals surface area (Å²) in [5.74, 6) is -0.139. The van der Waals surface area contributed by atoms with E-state index in [1.165, 1.54) is 11.3 Å². The molecule has 0 atom stereocenters. The van der Waals surface area contributed by atoms with Crippen LogP contribution in [0.1, 0.15) is 20.9 Å². The van der Waals surface area contributed by atoms with Crippen LogP contribution in [0, 0.1) is 6.92 Å². The lowest BCUT2D eigenvalue weighted by molar-refractivity contribution is 0.103. The van der Waals surface area contributed by atoms with E-state index in [0.717, 1.165) is 22.1 Å². The zero-order chi connectivity index (χ0) is 18.2. The molecule has 1 heterocycles. The molecule has 3 rings (SSSR count). The quantitative estimate of drug-likeness (QED) is 0.532. The summed E-state index contributed by atoms with van der Waals surface area (Å²) < 4.78 is 5.64. The lowest BCUT2D eigenvalue weighted by Crippen LogP contribution is -2.11. The van der Waals surface area contributed by atoms with Gasteiger partial charge < -0.3 is 15.4 Å². The van der Waals surface area contributed by atoms with Gasteiger partial charge in [0.1, 0.15) is 4.88 Å². The van der Waals surface area contributed by atoms with E-state index < -0.39 is 0 Å². The number of aryl methyl sites for hydroxylation is 1. The number of halogens is 1. The van der Waals surface area contributed by atoms with Gasteiger partial charge in [0.15, 0.2) is 5.13 Å². The molecule has 0 saturated carbocycles. The second-order valence-corrected chi connectivity index (χ2v) is 6.72. The number of hydrogen-bond donors (Lipinski definition) is 2. The van der Waals surface area contributed by atoms with E-state index in [1.54, 1.807) is 0 Å². The van der Waals surface area contributed by atoms with Gasteiger partial charge in [-0.05, 0) is 24.6 Å². The maximum atomic E-state index is 12.4. The number of benzene rings is 2. The molecule has 27 heavy (non-hydrogen) atoms. The van der Waals surface area contributed by atoms with Crippen molar-refractivity contribution in [2.45, 2.75) is 13.5 Å². The highest BCUT2D eigenvalue weighted by Crippen LogP contribution is 2.23. The van der Waals surface area contributed by atoms with Crippen LogP contribution in [0.2, 0.25) is 0 Å². The number of hydrogen-bond acceptors (Lipinski definition) is 5. The van der Waals surface area contributed by atoms with Crippen LogP contribution in [0.25, 0.3) is 0 Å². The van der Waals surface area contributed by atoms with Gasteiger partial charge in [0.2, 0.25) is 0 Å². The molecule has 0 bridgehead atoms. The first-order valence-electron chi connectivity index (χ1n) is 8.42. The average Bonchev–Trinajstić information content (AvgIpc) is 3.04. The Labute approximate surface area is 169 Å². The zero-order valence-electron chi connectivity index (χ0n) is 15.0. The molecule has 0 aliphatic rings. The third kappa shape index (κ3) is 6.36. The van der Waals surface area contributed by atoms with E-state index in [9.17, 15) is 4.79 Å². The van der Waals surface area contributed by atoms with Gasteiger partial charge in [0.05, 0.1) is 18.9 Å². The van der Waals surface area contributed by atoms with Crippen molar-refractivity contribution in [1.82, 2.24) is 4.98 Å². The number of carbonyl (C=O) groups excluding carboxylic acids is 1. The fourth-order valence-corrected chi connectivity index (χ4v) is 3.27. The predicted octanol–water partition coefficient (Wildman–Crippen LogP) is 4.75. The third-order valence-electron chi connectivity index (χ3n) is 3.67. The highest BCUT2D eigenvalue weighted by Gasteiger charge is 2.15. The molecule has 7 heteroatoms. The van der Waals surface area contributed by atoms with Crippen LogP contribution in [-0.2, 0) is 11.3 Å². The van der Waals surface area contributed by atoms with E-state index in [0.29, 0.717) is 24.6 Å². The van der Waals surface area contributed by atoms with Gasteiger partial charge in [-0.1, -0.05) is 59.9 Å². The lowest BCUT2D eigenvalue weighted by atomic mass is 10.2. The summed E-state index contributed by atoms with van der Waals surface area (Å²) in [6.45, 7) is 3.64. The van der Waals surface area contributed by atoms with E-state index >= 15 is 0 Å². The predicted molar refractivity (Wildman–Crippen MR) is 113 cm³/mol. The van der Waals surface area contributed by atoms with Crippen LogP contribution in [0.5, 0.6) is 0 Å². The molecule has 1 amide bonds. The molecule has 0 aliphatic heterocycles. The second-order valence-electron chi connectivity index (χ2n) is 5.72. The van der Waals surface area contributed by atoms with Crippen LogP contribution < -0.4 is 10.6 Å². The van der Waals surface area contributed by atoms with E-state index in [-0.39, 0.29) is 18.3 Å². The number of nitrogens with zero attached hydrogens (tertiary/aromatic N) is 1. The van der Waals surface area contributed by atoms with Crippen molar-refractivity contribution in [1.29, 1.82) is 0 Å². The number of amides is 1. The van der Waals surface area contributed by atoms with Crippen molar-refractivity contribution >= 4 is 40.5 Å². The standard InChI is InChI=1S/C20H21N3O2S.ClH/c1-15-18(19(24)23-17-10-6-3-7-11-17)26-20(22-15)21-12-13-25-14-16-8-4-2-5-9-16;/h2-11H,12-14H2,1H3,(H,21,22)(H,23,24);1H. The summed E-state index contributed by atoms with van der Waals surface area (Å²) in [5, 5.41) is 6.83. The monoisotopic (exact) mass is 403 g/mol. The molecule has 0 radical (unpaired) electrons. The molecule has 142 valence electrons. The van der Waals surface area contributed by atoms with Crippen molar-refractivity contribution in [3.8, 4) is 0 Å². The Morgan fingerprint density at radius 2 is 1.74 bits per heavy atom. The van der Waals surface area contributed by atoms with Crippen LogP contribution >= 0.6 is 23.7 Å². The third-order valence-corrected chi connectivity index (χ3v) is 4.78. The van der Waals surface area contributed by atoms with Gasteiger partial charge >= 0.3 is 0 Å². The Morgan fingerprint density at radius 3 is 2.44 bits per heavy atom. The summed E-state index contributed by atoms with van der Waals surface area (Å²) in [5.41, 5.74) is 2.64. The van der Waals surface area contributed by atoms with Crippen molar-refractivity contribution < 1.29 is 9.53 Å². The minimum absolute atomic E-state index is 0. The van der Waals surface area contributed by atoms with Crippen LogP contribution in [0.15, 0.2) is 60.7 Å². The second kappa shape index (κ2) is 10.7. The maximum Gasteiger partial charge on any atom is 0.267 e. The Balaban J connectivity index is 0.00000261. The van der Waals surface area contributed by atoms with Gasteiger partial charge in [0, 0.05) is 12.2 Å². The molecule has 1 aromatic heterocycles. The molecule has 3 aromatic rings. The lowest BCUT2D eigenvalue weighted by Gasteiger charge is -2.05. The molecule has 2 N–H and O–H groups in total. The molecule has 0 fully saturated rings. The minimum atomic E-state index is -0.139. The van der Waals surface area contributed by atoms with Crippen molar-refractivity contribution in [3.05, 3.63) is 76.8 Å². The number of thiazole rings is 1. The van der Waals surface area contributed by atoms with Gasteiger partial charge in [-0.3, -0.25) is 4.79 Å². The summed E-state index contributed by atoms with van der Waals surface area (Å²) in [7, 11) is 0. The summed E-state index contributed by atoms with van der Waals surface area (Å²) in [6, 6.07) is 19.5. The van der Waals surface area contributed by atoms with E-state index in [2.05, 4.69) is 15.6 Å². The van der Waals surface area contributed by atoms with Crippen LogP contribution in [0.3, 0.4) is 0 Å². The number of aromatic nitrogens is 1. The molecule has 5 nitrogen and oxygen atoms in total. The van der Waals surface area contributed by atoms with Gasteiger partial charge in [0.25, 0.3) is 5.91 Å². The van der Waals surface area contributed by atoms with Gasteiger partial charge in [-0.15, -0.1) is 12.4 Å². The smallest absolute Gasteiger partial charge is 0.267 e. The van der Waals surface area contributed by atoms with Crippen molar-refractivity contribution in [2.75, 3.05) is 23.8 Å². The minimum Gasteiger partial charge on any atom is -0.375 e. The normalized spacial score (nSPS) is 10.1. The number of ether oxygens (including phenoxy) is 1. The average molecular weight is 404 g/mol. The number of nitrogens with one attached hydrogen (secondary N) is 2. The number of anilines is 2. The van der Waals surface area contributed by atoms with Crippen LogP contribution in [0.4, 0.5) is 10.8 Å². The summed E-state index contributed by atoms with van der Waals surface area (Å²) >= 11 is 1.35. The fraction of sp³-hybridized carbons (Fsp3) is 0.200. The van der Waals surface area contributed by atoms with Crippen LogP contribution in [-0.4, -0.2) is 24.0 Å².